The number of para-hydroxylation sites is 1. The molecule has 0 radical (unpaired) electrons. The Bertz CT molecular complexity index is 327. The van der Waals surface area contributed by atoms with Gasteiger partial charge in [-0.25, -0.2) is 0 Å². The molecule has 76 valence electrons. The van der Waals surface area contributed by atoms with Crippen LogP contribution in [-0.4, -0.2) is 19.1 Å². The largest absolute Gasteiger partial charge is 0.381 e. The van der Waals surface area contributed by atoms with Gasteiger partial charge in [0, 0.05) is 24.2 Å². The number of benzene rings is 1. The standard InChI is InChI=1S/C11H14N2.ClH/c1-2-4-10-8(3-1)9-7-12-6-5-11(9)13-10;/h1-4,9,11-13H,5-7H2;1H. The number of fused-ring (bicyclic) bond motifs is 3. The highest BCUT2D eigenvalue weighted by Crippen LogP contribution is 2.37. The van der Waals surface area contributed by atoms with E-state index >= 15 is 0 Å². The summed E-state index contributed by atoms with van der Waals surface area (Å²) >= 11 is 0. The Labute approximate surface area is 90.5 Å². The predicted molar refractivity (Wildman–Crippen MR) is 61.3 cm³/mol. The summed E-state index contributed by atoms with van der Waals surface area (Å²) in [7, 11) is 0. The molecular formula is C11H15ClN2. The molecule has 0 bridgehead atoms. The van der Waals surface area contributed by atoms with Crippen LogP contribution >= 0.6 is 12.4 Å². The maximum absolute atomic E-state index is 3.60. The zero-order valence-corrected chi connectivity index (χ0v) is 8.81. The Morgan fingerprint density at radius 1 is 1.21 bits per heavy atom. The van der Waals surface area contributed by atoms with Gasteiger partial charge in [-0.1, -0.05) is 18.2 Å². The minimum absolute atomic E-state index is 0. The number of halogens is 1. The molecule has 2 N–H and O–H groups in total. The van der Waals surface area contributed by atoms with Crippen LogP contribution in [0.3, 0.4) is 0 Å². The molecule has 2 atom stereocenters. The van der Waals surface area contributed by atoms with Crippen LogP contribution in [-0.2, 0) is 0 Å². The van der Waals surface area contributed by atoms with Crippen molar-refractivity contribution in [3.8, 4) is 0 Å². The molecule has 2 aliphatic rings. The average molecular weight is 211 g/mol. The maximum Gasteiger partial charge on any atom is 0.0379 e. The van der Waals surface area contributed by atoms with E-state index in [0.29, 0.717) is 12.0 Å². The first kappa shape index (κ1) is 9.81. The third-order valence-corrected chi connectivity index (χ3v) is 3.18. The van der Waals surface area contributed by atoms with Crippen molar-refractivity contribution in [3.05, 3.63) is 29.8 Å². The summed E-state index contributed by atoms with van der Waals surface area (Å²) in [5, 5.41) is 7.05. The first-order valence-corrected chi connectivity index (χ1v) is 5.01. The fourth-order valence-corrected chi connectivity index (χ4v) is 2.51. The highest BCUT2D eigenvalue weighted by Gasteiger charge is 2.33. The Balaban J connectivity index is 0.000000750. The Morgan fingerprint density at radius 3 is 3.00 bits per heavy atom. The summed E-state index contributed by atoms with van der Waals surface area (Å²) in [5.41, 5.74) is 2.85. The van der Waals surface area contributed by atoms with Gasteiger partial charge in [-0.3, -0.25) is 0 Å². The van der Waals surface area contributed by atoms with Gasteiger partial charge < -0.3 is 10.6 Å². The fourth-order valence-electron chi connectivity index (χ4n) is 2.51. The Morgan fingerprint density at radius 2 is 2.07 bits per heavy atom. The predicted octanol–water partition coefficient (Wildman–Crippen LogP) is 1.98. The van der Waals surface area contributed by atoms with Gasteiger partial charge in [0.15, 0.2) is 0 Å². The van der Waals surface area contributed by atoms with Gasteiger partial charge in [0.25, 0.3) is 0 Å². The molecule has 0 amide bonds. The fraction of sp³-hybridized carbons (Fsp3) is 0.455. The lowest BCUT2D eigenvalue weighted by atomic mass is 9.91. The molecule has 2 aliphatic heterocycles. The van der Waals surface area contributed by atoms with E-state index in [1.807, 2.05) is 0 Å². The number of hydrogen-bond donors (Lipinski definition) is 2. The zero-order valence-electron chi connectivity index (χ0n) is 7.99. The van der Waals surface area contributed by atoms with Gasteiger partial charge in [-0.05, 0) is 24.6 Å². The lowest BCUT2D eigenvalue weighted by molar-refractivity contribution is 0.440. The molecule has 14 heavy (non-hydrogen) atoms. The number of nitrogens with one attached hydrogen (secondary N) is 2. The average Bonchev–Trinajstić information content (AvgIpc) is 2.56. The van der Waals surface area contributed by atoms with E-state index in [9.17, 15) is 0 Å². The molecule has 1 saturated heterocycles. The molecule has 0 aromatic heterocycles. The molecule has 3 rings (SSSR count). The van der Waals surface area contributed by atoms with Crippen molar-refractivity contribution in [1.29, 1.82) is 0 Å². The summed E-state index contributed by atoms with van der Waals surface area (Å²) in [5.74, 6) is 0.699. The number of piperidine rings is 1. The lowest BCUT2D eigenvalue weighted by Crippen LogP contribution is -2.38. The molecule has 0 spiro atoms. The summed E-state index contributed by atoms with van der Waals surface area (Å²) in [6.07, 6.45) is 1.25. The first-order valence-electron chi connectivity index (χ1n) is 5.01. The van der Waals surface area contributed by atoms with Crippen molar-refractivity contribution in [3.63, 3.8) is 0 Å². The van der Waals surface area contributed by atoms with E-state index in [1.54, 1.807) is 0 Å². The number of anilines is 1. The van der Waals surface area contributed by atoms with Crippen molar-refractivity contribution < 1.29 is 0 Å². The van der Waals surface area contributed by atoms with Crippen LogP contribution in [0, 0.1) is 0 Å². The van der Waals surface area contributed by atoms with Crippen LogP contribution in [0.4, 0.5) is 5.69 Å². The van der Waals surface area contributed by atoms with Crippen LogP contribution in [0.15, 0.2) is 24.3 Å². The molecular weight excluding hydrogens is 196 g/mol. The van der Waals surface area contributed by atoms with Gasteiger partial charge in [0.05, 0.1) is 0 Å². The summed E-state index contributed by atoms with van der Waals surface area (Å²) in [6, 6.07) is 9.36. The van der Waals surface area contributed by atoms with Gasteiger partial charge in [0.1, 0.15) is 0 Å². The summed E-state index contributed by atoms with van der Waals surface area (Å²) in [4.78, 5) is 0. The molecule has 1 fully saturated rings. The van der Waals surface area contributed by atoms with Crippen molar-refractivity contribution >= 4 is 18.1 Å². The molecule has 1 aromatic carbocycles. The first-order chi connectivity index (χ1) is 6.45. The van der Waals surface area contributed by atoms with Gasteiger partial charge in [0.2, 0.25) is 0 Å². The zero-order chi connectivity index (χ0) is 8.67. The molecule has 1 aromatic rings. The van der Waals surface area contributed by atoms with E-state index in [0.717, 1.165) is 13.1 Å². The number of rotatable bonds is 0. The Kier molecular flexibility index (Phi) is 2.66. The van der Waals surface area contributed by atoms with Crippen LogP contribution in [0.25, 0.3) is 0 Å². The molecule has 0 aliphatic carbocycles. The lowest BCUT2D eigenvalue weighted by Gasteiger charge is -2.26. The normalized spacial score (nSPS) is 28.3. The van der Waals surface area contributed by atoms with Crippen LogP contribution in [0.2, 0.25) is 0 Å². The van der Waals surface area contributed by atoms with E-state index in [2.05, 4.69) is 34.9 Å². The third kappa shape index (κ3) is 1.39. The van der Waals surface area contributed by atoms with Crippen LogP contribution in [0.1, 0.15) is 17.9 Å². The highest BCUT2D eigenvalue weighted by molar-refractivity contribution is 5.85. The van der Waals surface area contributed by atoms with Gasteiger partial charge in [-0.15, -0.1) is 12.4 Å². The van der Waals surface area contributed by atoms with Crippen molar-refractivity contribution in [1.82, 2.24) is 5.32 Å². The molecule has 2 heterocycles. The third-order valence-electron chi connectivity index (χ3n) is 3.18. The highest BCUT2D eigenvalue weighted by atomic mass is 35.5. The molecule has 3 heteroatoms. The summed E-state index contributed by atoms with van der Waals surface area (Å²) < 4.78 is 0. The van der Waals surface area contributed by atoms with E-state index < -0.39 is 0 Å². The van der Waals surface area contributed by atoms with E-state index in [4.69, 9.17) is 0 Å². The molecule has 0 saturated carbocycles. The van der Waals surface area contributed by atoms with Gasteiger partial charge in [-0.2, -0.15) is 0 Å². The molecule has 2 nitrogen and oxygen atoms in total. The second-order valence-electron chi connectivity index (χ2n) is 3.94. The van der Waals surface area contributed by atoms with Gasteiger partial charge >= 0.3 is 0 Å². The Hall–Kier alpha value is -0.730. The second-order valence-corrected chi connectivity index (χ2v) is 3.94. The maximum atomic E-state index is 3.60. The second kappa shape index (κ2) is 3.79. The van der Waals surface area contributed by atoms with E-state index in [-0.39, 0.29) is 12.4 Å². The van der Waals surface area contributed by atoms with Crippen molar-refractivity contribution in [2.24, 2.45) is 0 Å². The van der Waals surface area contributed by atoms with E-state index in [1.165, 1.54) is 17.7 Å². The van der Waals surface area contributed by atoms with Crippen molar-refractivity contribution in [2.45, 2.75) is 18.4 Å². The smallest absolute Gasteiger partial charge is 0.0379 e. The number of hydrogen-bond acceptors (Lipinski definition) is 2. The SMILES string of the molecule is Cl.c1ccc2c(c1)NC1CCNCC21. The minimum Gasteiger partial charge on any atom is -0.381 e. The topological polar surface area (TPSA) is 24.1 Å². The quantitative estimate of drug-likeness (QED) is 0.685. The minimum atomic E-state index is 0. The summed E-state index contributed by atoms with van der Waals surface area (Å²) in [6.45, 7) is 2.29. The monoisotopic (exact) mass is 210 g/mol. The van der Waals surface area contributed by atoms with Crippen LogP contribution < -0.4 is 10.6 Å². The molecule has 2 unspecified atom stereocenters. The van der Waals surface area contributed by atoms with Crippen molar-refractivity contribution in [2.75, 3.05) is 18.4 Å². The van der Waals surface area contributed by atoms with Crippen LogP contribution in [0.5, 0.6) is 0 Å².